The summed E-state index contributed by atoms with van der Waals surface area (Å²) in [5.74, 6) is -5.11. The fourth-order valence-electron chi connectivity index (χ4n) is 3.09. The highest BCUT2D eigenvalue weighted by Gasteiger charge is 2.37. The summed E-state index contributed by atoms with van der Waals surface area (Å²) in [5.41, 5.74) is 3.27. The lowest BCUT2D eigenvalue weighted by Crippen LogP contribution is -2.56. The number of thioether (sulfide) groups is 1. The molecular weight excluding hydrogens is 540 g/mol. The number of thiazole rings is 1. The van der Waals surface area contributed by atoms with Crippen LogP contribution in [0.25, 0.3) is 0 Å². The van der Waals surface area contributed by atoms with E-state index >= 15 is 0 Å². The smallest absolute Gasteiger partial charge is 0.352 e. The van der Waals surface area contributed by atoms with Gasteiger partial charge in [0.2, 0.25) is 0 Å². The summed E-state index contributed by atoms with van der Waals surface area (Å²) in [6, 6.07) is 3.76. The number of amides is 1. The Kier molecular flexibility index (Phi) is 8.90. The van der Waals surface area contributed by atoms with Crippen molar-refractivity contribution in [2.75, 3.05) is 11.5 Å². The molecule has 2 aromatic heterocycles. The molecule has 1 aliphatic rings. The van der Waals surface area contributed by atoms with Crippen LogP contribution < -0.4 is 20.9 Å². The Balaban J connectivity index is 1.86. The number of nitrogens with two attached hydrogens (primary N) is 1. The predicted molar refractivity (Wildman–Crippen MR) is 136 cm³/mol. The summed E-state index contributed by atoms with van der Waals surface area (Å²) in [5, 5.41) is 37.7. The first kappa shape index (κ1) is 28.4. The average molecular weight is 565 g/mol. The van der Waals surface area contributed by atoms with Gasteiger partial charge in [0.05, 0.1) is 0 Å². The molecule has 0 unspecified atom stereocenters. The van der Waals surface area contributed by atoms with Crippen LogP contribution in [-0.4, -0.2) is 72.6 Å². The fourth-order valence-corrected chi connectivity index (χ4v) is 4.83. The molecule has 1 amide bonds. The minimum absolute atomic E-state index is 0.0652. The van der Waals surface area contributed by atoms with Gasteiger partial charge in [-0.2, -0.15) is 0 Å². The number of anilines is 1. The molecule has 7 N–H and O–H groups in total. The number of aromatic nitrogens is 2. The molecule has 38 heavy (non-hydrogen) atoms. The van der Waals surface area contributed by atoms with Gasteiger partial charge in [0, 0.05) is 28.8 Å². The van der Waals surface area contributed by atoms with Crippen molar-refractivity contribution < 1.29 is 43.9 Å². The fraction of sp³-hybridized carbons (Fsp3) is 0.273. The van der Waals surface area contributed by atoms with E-state index in [1.54, 1.807) is 29.1 Å². The number of carboxylic acid groups (broad SMARTS) is 3. The third kappa shape index (κ3) is 6.98. The maximum atomic E-state index is 13.1. The zero-order valence-electron chi connectivity index (χ0n) is 19.9. The Labute approximate surface area is 224 Å². The Morgan fingerprint density at radius 2 is 2.00 bits per heavy atom. The van der Waals surface area contributed by atoms with Crippen LogP contribution in [0.15, 0.2) is 52.4 Å². The van der Waals surface area contributed by atoms with E-state index in [0.717, 1.165) is 30.0 Å². The highest BCUT2D eigenvalue weighted by molar-refractivity contribution is 8.00. The quantitative estimate of drug-likeness (QED) is 0.0896. The molecule has 2 aromatic rings. The first-order valence-electron chi connectivity index (χ1n) is 10.8. The maximum Gasteiger partial charge on any atom is 0.352 e. The van der Waals surface area contributed by atoms with Crippen LogP contribution in [0.3, 0.4) is 0 Å². The zero-order chi connectivity index (χ0) is 28.0. The second kappa shape index (κ2) is 11.9. The number of oxime groups is 1. The van der Waals surface area contributed by atoms with Crippen molar-refractivity contribution in [3.8, 4) is 0 Å². The number of nitrogen functional groups attached to an aromatic ring is 1. The lowest BCUT2D eigenvalue weighted by Gasteiger charge is -2.31. The second-order valence-electron chi connectivity index (χ2n) is 8.14. The summed E-state index contributed by atoms with van der Waals surface area (Å²) in [7, 11) is 0. The Hall–Kier alpha value is -4.18. The molecule has 3 heterocycles. The summed E-state index contributed by atoms with van der Waals surface area (Å²) < 4.78 is 1.77. The van der Waals surface area contributed by atoms with Crippen LogP contribution in [0.5, 0.6) is 0 Å². The molecular formula is C22H24N6O8S2. The topological polar surface area (TPSA) is 217 Å². The largest absolute Gasteiger partial charge is 0.480 e. The Morgan fingerprint density at radius 1 is 1.32 bits per heavy atom. The van der Waals surface area contributed by atoms with Crippen molar-refractivity contribution in [2.45, 2.75) is 30.5 Å². The van der Waals surface area contributed by atoms with Crippen molar-refractivity contribution in [2.24, 2.45) is 5.16 Å². The molecule has 0 aromatic carbocycles. The summed E-state index contributed by atoms with van der Waals surface area (Å²) in [6.07, 6.45) is 3.53. The predicted octanol–water partition coefficient (Wildman–Crippen LogP) is -0.318. The summed E-state index contributed by atoms with van der Waals surface area (Å²) in [6.45, 7) is 4.70. The highest BCUT2D eigenvalue weighted by Crippen LogP contribution is 2.25. The highest BCUT2D eigenvalue weighted by atomic mass is 32.2. The van der Waals surface area contributed by atoms with E-state index in [1.165, 1.54) is 5.38 Å². The van der Waals surface area contributed by atoms with Gasteiger partial charge in [-0.15, -0.1) is 23.1 Å². The van der Waals surface area contributed by atoms with Crippen molar-refractivity contribution in [3.05, 3.63) is 59.9 Å². The van der Waals surface area contributed by atoms with Crippen molar-refractivity contribution >= 4 is 57.8 Å². The van der Waals surface area contributed by atoms with E-state index in [0.29, 0.717) is 5.57 Å². The molecule has 3 rings (SSSR count). The third-order valence-electron chi connectivity index (χ3n) is 5.07. The number of carbonyl (C=O) groups is 4. The van der Waals surface area contributed by atoms with Crippen LogP contribution >= 0.6 is 23.1 Å². The van der Waals surface area contributed by atoms with E-state index in [9.17, 15) is 34.5 Å². The number of pyridine rings is 1. The number of carboxylic acids is 3. The normalized spacial score (nSPS) is 18.1. The molecule has 16 heteroatoms. The van der Waals surface area contributed by atoms with Gasteiger partial charge < -0.3 is 36.5 Å². The van der Waals surface area contributed by atoms with Crippen LogP contribution in [0.4, 0.5) is 5.13 Å². The molecule has 1 aliphatic heterocycles. The molecule has 0 aliphatic carbocycles. The van der Waals surface area contributed by atoms with Gasteiger partial charge in [0.25, 0.3) is 5.91 Å². The molecule has 3 atom stereocenters. The number of nitrogens with one attached hydrogen (secondary N) is 2. The van der Waals surface area contributed by atoms with Crippen LogP contribution in [0.1, 0.15) is 12.6 Å². The molecule has 0 fully saturated rings. The van der Waals surface area contributed by atoms with E-state index in [4.69, 9.17) is 10.6 Å². The number of nitrogens with zero attached hydrogens (tertiary/aromatic N) is 3. The molecule has 0 radical (unpaired) electrons. The van der Waals surface area contributed by atoms with Crippen molar-refractivity contribution in [1.82, 2.24) is 15.6 Å². The maximum absolute atomic E-state index is 13.1. The molecule has 0 saturated heterocycles. The minimum atomic E-state index is -2.06. The van der Waals surface area contributed by atoms with Gasteiger partial charge in [-0.25, -0.2) is 19.1 Å². The lowest BCUT2D eigenvalue weighted by atomic mass is 10.1. The van der Waals surface area contributed by atoms with E-state index in [1.807, 2.05) is 6.07 Å². The van der Waals surface area contributed by atoms with Gasteiger partial charge in [-0.05, 0) is 6.92 Å². The van der Waals surface area contributed by atoms with E-state index in [-0.39, 0.29) is 28.8 Å². The first-order valence-corrected chi connectivity index (χ1v) is 12.7. The number of rotatable bonds is 11. The summed E-state index contributed by atoms with van der Waals surface area (Å²) >= 11 is 2.05. The van der Waals surface area contributed by atoms with Gasteiger partial charge >= 0.3 is 17.9 Å². The molecule has 14 nitrogen and oxygen atoms in total. The molecule has 0 spiro atoms. The van der Waals surface area contributed by atoms with Crippen LogP contribution in [-0.2, 0) is 30.6 Å². The Morgan fingerprint density at radius 3 is 2.55 bits per heavy atom. The molecule has 0 bridgehead atoms. The number of carbonyl (C=O) groups excluding carboxylic acids is 1. The van der Waals surface area contributed by atoms with Gasteiger partial charge in [0.15, 0.2) is 35.8 Å². The number of aliphatic carboxylic acids is 3. The van der Waals surface area contributed by atoms with Gasteiger partial charge in [-0.3, -0.25) is 16.5 Å². The zero-order valence-corrected chi connectivity index (χ0v) is 21.5. The minimum Gasteiger partial charge on any atom is -0.480 e. The molecule has 0 saturated carbocycles. The average Bonchev–Trinajstić information content (AvgIpc) is 3.29. The van der Waals surface area contributed by atoms with Crippen molar-refractivity contribution in [1.29, 1.82) is 0 Å². The standard InChI is InChI=1S/C22H24N6O8S2/c1-22(2,20(34)35)36-27-14(12-10-38-21(23)24-12)16(29)25-15(19(32)33)17-26-13(18(30)31)11(9-37-17)8-28-6-4-3-5-7-28/h3-7,10,15,17,26H,1,8-9H2,2H3,(H2,23,24)(H,25,29)(H,30,31)(H,32,33)(H,34,35)/b27-14-/t15-,17+,22-/m0/s1. The second-order valence-corrected chi connectivity index (χ2v) is 10.2. The van der Waals surface area contributed by atoms with Crippen molar-refractivity contribution in [3.63, 3.8) is 0 Å². The number of hydrogen-bond donors (Lipinski definition) is 6. The van der Waals surface area contributed by atoms with E-state index < -0.39 is 46.5 Å². The summed E-state index contributed by atoms with van der Waals surface area (Å²) in [4.78, 5) is 57.4. The van der Waals surface area contributed by atoms with Crippen LogP contribution in [0.2, 0.25) is 0 Å². The Bertz CT molecular complexity index is 1290. The number of hydrogen-bond acceptors (Lipinski definition) is 11. The lowest BCUT2D eigenvalue weighted by molar-refractivity contribution is -0.689. The monoisotopic (exact) mass is 564 g/mol. The molecule has 202 valence electrons. The van der Waals surface area contributed by atoms with Gasteiger partial charge in [0.1, 0.15) is 22.4 Å². The first-order chi connectivity index (χ1) is 17.9. The van der Waals surface area contributed by atoms with Crippen LogP contribution in [0, 0.1) is 6.92 Å². The third-order valence-corrected chi connectivity index (χ3v) is 7.01. The SMILES string of the molecule is [CH2-][C@@](C)(O/N=C(\C(=O)N[C@H](C(=O)O)[C@@H]1NC(C(=O)O)=C(C[n+]2ccccc2)CS1)c1csc(N)n1)C(=O)O. The van der Waals surface area contributed by atoms with Gasteiger partial charge in [-0.1, -0.05) is 11.2 Å². The van der Waals surface area contributed by atoms with E-state index in [2.05, 4.69) is 27.7 Å².